The van der Waals surface area contributed by atoms with E-state index in [1.807, 2.05) is 77.8 Å². The first kappa shape index (κ1) is 14.3. The number of nitrogens with zero attached hydrogens (tertiary/aromatic N) is 3. The zero-order valence-electron chi connectivity index (χ0n) is 13.0. The van der Waals surface area contributed by atoms with Gasteiger partial charge in [0.25, 0.3) is 5.91 Å². The predicted octanol–water partition coefficient (Wildman–Crippen LogP) is 3.06. The van der Waals surface area contributed by atoms with Crippen molar-refractivity contribution in [3.8, 4) is 5.69 Å². The molecule has 1 amide bonds. The van der Waals surface area contributed by atoms with Crippen LogP contribution < -0.4 is 5.32 Å². The van der Waals surface area contributed by atoms with Gasteiger partial charge in [-0.15, -0.1) is 0 Å². The molecule has 3 heterocycles. The van der Waals surface area contributed by atoms with Gasteiger partial charge in [-0.3, -0.25) is 4.79 Å². The van der Waals surface area contributed by atoms with Gasteiger partial charge >= 0.3 is 0 Å². The topological polar surface area (TPSA) is 51.3 Å². The number of hydrogen-bond donors (Lipinski definition) is 1. The van der Waals surface area contributed by atoms with Gasteiger partial charge < -0.3 is 9.88 Å². The number of fused-ring (bicyclic) bond motifs is 1. The number of nitrogens with one attached hydrogen (secondary N) is 1. The summed E-state index contributed by atoms with van der Waals surface area (Å²) in [5, 5.41) is 7.18. The van der Waals surface area contributed by atoms with E-state index in [9.17, 15) is 4.79 Å². The molecule has 0 aliphatic heterocycles. The molecule has 0 aliphatic rings. The number of aromatic nitrogens is 3. The lowest BCUT2D eigenvalue weighted by Gasteiger charge is -2.06. The molecule has 0 unspecified atom stereocenters. The third-order valence-electron chi connectivity index (χ3n) is 3.89. The number of hydrogen-bond acceptors (Lipinski definition) is 2. The lowest BCUT2D eigenvalue weighted by atomic mass is 10.2. The van der Waals surface area contributed by atoms with E-state index in [0.29, 0.717) is 12.2 Å². The molecule has 1 N–H and O–H groups in total. The molecule has 0 saturated carbocycles. The van der Waals surface area contributed by atoms with E-state index in [2.05, 4.69) is 10.4 Å². The van der Waals surface area contributed by atoms with Crippen LogP contribution in [-0.4, -0.2) is 20.1 Å². The summed E-state index contributed by atoms with van der Waals surface area (Å²) < 4.78 is 3.74. The number of carbonyl (C=O) groups is 1. The van der Waals surface area contributed by atoms with Crippen LogP contribution in [-0.2, 0) is 6.54 Å². The van der Waals surface area contributed by atoms with E-state index in [4.69, 9.17) is 0 Å². The Morgan fingerprint density at radius 2 is 1.71 bits per heavy atom. The standard InChI is InChI=1S/C19H16N4O/c24-19(18-13-17-5-1-2-12-23(17)21-18)20-14-15-6-8-16(9-7-15)22-10-3-4-11-22/h1-13H,14H2,(H,20,24). The van der Waals surface area contributed by atoms with E-state index in [1.165, 1.54) is 0 Å². The van der Waals surface area contributed by atoms with Gasteiger partial charge in [-0.1, -0.05) is 18.2 Å². The molecule has 0 radical (unpaired) electrons. The minimum absolute atomic E-state index is 0.173. The highest BCUT2D eigenvalue weighted by Gasteiger charge is 2.10. The number of pyridine rings is 1. The molecule has 5 heteroatoms. The average molecular weight is 316 g/mol. The highest BCUT2D eigenvalue weighted by molar-refractivity contribution is 5.93. The van der Waals surface area contributed by atoms with Crippen molar-refractivity contribution in [1.29, 1.82) is 0 Å². The summed E-state index contributed by atoms with van der Waals surface area (Å²) in [5.74, 6) is -0.173. The van der Waals surface area contributed by atoms with Gasteiger partial charge in [-0.2, -0.15) is 5.10 Å². The third kappa shape index (κ3) is 2.79. The van der Waals surface area contributed by atoms with Crippen LogP contribution in [0.3, 0.4) is 0 Å². The van der Waals surface area contributed by atoms with E-state index in [0.717, 1.165) is 16.8 Å². The summed E-state index contributed by atoms with van der Waals surface area (Å²) in [4.78, 5) is 12.3. The fraction of sp³-hybridized carbons (Fsp3) is 0.0526. The van der Waals surface area contributed by atoms with Crippen molar-refractivity contribution in [3.63, 3.8) is 0 Å². The van der Waals surface area contributed by atoms with Crippen LogP contribution in [0.1, 0.15) is 16.1 Å². The Bertz CT molecular complexity index is 935. The Kier molecular flexibility index (Phi) is 3.59. The molecule has 5 nitrogen and oxygen atoms in total. The van der Waals surface area contributed by atoms with E-state index in [-0.39, 0.29) is 5.91 Å². The van der Waals surface area contributed by atoms with Gasteiger partial charge in [0.05, 0.1) is 5.52 Å². The molecule has 118 valence electrons. The second-order valence-electron chi connectivity index (χ2n) is 5.54. The normalized spacial score (nSPS) is 10.8. The molecular formula is C19H16N4O. The van der Waals surface area contributed by atoms with Gasteiger partial charge in [0.15, 0.2) is 5.69 Å². The fourth-order valence-corrected chi connectivity index (χ4v) is 2.61. The zero-order valence-corrected chi connectivity index (χ0v) is 13.0. The molecule has 3 aromatic heterocycles. The van der Waals surface area contributed by atoms with Crippen molar-refractivity contribution < 1.29 is 4.79 Å². The summed E-state index contributed by atoms with van der Waals surface area (Å²) in [5.41, 5.74) is 3.46. The molecule has 0 saturated heterocycles. The molecule has 0 bridgehead atoms. The van der Waals surface area contributed by atoms with Crippen LogP contribution in [0.5, 0.6) is 0 Å². The van der Waals surface area contributed by atoms with E-state index in [1.54, 1.807) is 10.6 Å². The molecule has 1 aromatic carbocycles. The molecule has 4 aromatic rings. The Labute approximate surface area is 139 Å². The van der Waals surface area contributed by atoms with Gasteiger partial charge in [-0.25, -0.2) is 4.52 Å². The Morgan fingerprint density at radius 3 is 2.46 bits per heavy atom. The number of benzene rings is 1. The SMILES string of the molecule is O=C(NCc1ccc(-n2cccc2)cc1)c1cc2ccccn2n1. The van der Waals surface area contributed by atoms with Gasteiger partial charge in [0.2, 0.25) is 0 Å². The minimum atomic E-state index is -0.173. The molecule has 4 rings (SSSR count). The first-order valence-electron chi connectivity index (χ1n) is 7.74. The van der Waals surface area contributed by atoms with Crippen molar-refractivity contribution in [2.24, 2.45) is 0 Å². The molecular weight excluding hydrogens is 300 g/mol. The first-order valence-corrected chi connectivity index (χ1v) is 7.74. The summed E-state index contributed by atoms with van der Waals surface area (Å²) >= 11 is 0. The Morgan fingerprint density at radius 1 is 0.958 bits per heavy atom. The van der Waals surface area contributed by atoms with Crippen molar-refractivity contribution in [3.05, 3.63) is 90.5 Å². The number of rotatable bonds is 4. The van der Waals surface area contributed by atoms with E-state index >= 15 is 0 Å². The number of amides is 1. The maximum absolute atomic E-state index is 12.3. The van der Waals surface area contributed by atoms with Crippen molar-refractivity contribution in [2.45, 2.75) is 6.54 Å². The first-order chi connectivity index (χ1) is 11.8. The molecule has 0 fully saturated rings. The van der Waals surface area contributed by atoms with Crippen LogP contribution in [0.25, 0.3) is 11.2 Å². The predicted molar refractivity (Wildman–Crippen MR) is 92.1 cm³/mol. The van der Waals surface area contributed by atoms with Gasteiger partial charge in [0, 0.05) is 30.8 Å². The molecule has 0 atom stereocenters. The van der Waals surface area contributed by atoms with Crippen LogP contribution in [0.15, 0.2) is 79.3 Å². The third-order valence-corrected chi connectivity index (χ3v) is 3.89. The molecule has 0 spiro atoms. The lowest BCUT2D eigenvalue weighted by Crippen LogP contribution is -2.23. The van der Waals surface area contributed by atoms with Crippen molar-refractivity contribution in [1.82, 2.24) is 19.5 Å². The Balaban J connectivity index is 1.43. The summed E-state index contributed by atoms with van der Waals surface area (Å²) in [6.07, 6.45) is 5.83. The summed E-state index contributed by atoms with van der Waals surface area (Å²) in [6, 6.07) is 19.6. The van der Waals surface area contributed by atoms with Crippen molar-refractivity contribution in [2.75, 3.05) is 0 Å². The highest BCUT2D eigenvalue weighted by Crippen LogP contribution is 2.10. The monoisotopic (exact) mass is 316 g/mol. The summed E-state index contributed by atoms with van der Waals surface area (Å²) in [7, 11) is 0. The van der Waals surface area contributed by atoms with Crippen LogP contribution in [0.2, 0.25) is 0 Å². The Hall–Kier alpha value is -3.34. The lowest BCUT2D eigenvalue weighted by molar-refractivity contribution is 0.0945. The van der Waals surface area contributed by atoms with Crippen molar-refractivity contribution >= 4 is 11.4 Å². The second kappa shape index (κ2) is 6.04. The van der Waals surface area contributed by atoms with Gasteiger partial charge in [-0.05, 0) is 48.0 Å². The molecule has 0 aliphatic carbocycles. The van der Waals surface area contributed by atoms with Crippen LogP contribution in [0.4, 0.5) is 0 Å². The molecule has 24 heavy (non-hydrogen) atoms. The average Bonchev–Trinajstić information content (AvgIpc) is 3.29. The number of carbonyl (C=O) groups excluding carboxylic acids is 1. The van der Waals surface area contributed by atoms with Crippen LogP contribution >= 0.6 is 0 Å². The van der Waals surface area contributed by atoms with Crippen LogP contribution in [0, 0.1) is 0 Å². The highest BCUT2D eigenvalue weighted by atomic mass is 16.1. The van der Waals surface area contributed by atoms with Gasteiger partial charge in [0.1, 0.15) is 0 Å². The quantitative estimate of drug-likeness (QED) is 0.629. The second-order valence-corrected chi connectivity index (χ2v) is 5.54. The maximum atomic E-state index is 12.3. The smallest absolute Gasteiger partial charge is 0.272 e. The minimum Gasteiger partial charge on any atom is -0.347 e. The largest absolute Gasteiger partial charge is 0.347 e. The fourth-order valence-electron chi connectivity index (χ4n) is 2.61. The van der Waals surface area contributed by atoms with E-state index < -0.39 is 0 Å². The summed E-state index contributed by atoms with van der Waals surface area (Å²) in [6.45, 7) is 0.471. The maximum Gasteiger partial charge on any atom is 0.272 e. The zero-order chi connectivity index (χ0) is 16.4.